The average Bonchev–Trinajstić information content (AvgIpc) is 3.01. The Kier molecular flexibility index (Phi) is 9.97. The third-order valence-corrected chi connectivity index (χ3v) is 4.06. The van der Waals surface area contributed by atoms with Crippen LogP contribution in [0.1, 0.15) is 27.7 Å². The van der Waals surface area contributed by atoms with Crippen LogP contribution in [-0.2, 0) is 42.8 Å². The first kappa shape index (κ1) is 26.8. The third kappa shape index (κ3) is 8.13. The Morgan fingerprint density at radius 3 is 2.21 bits per heavy atom. The van der Waals surface area contributed by atoms with Crippen LogP contribution in [0.15, 0.2) is 22.8 Å². The minimum absolute atomic E-state index is 0.0314. The molecule has 1 amide bonds. The van der Waals surface area contributed by atoms with E-state index in [-0.39, 0.29) is 43.9 Å². The number of aliphatic hydroxyl groups excluding tert-OH is 1. The van der Waals surface area contributed by atoms with Crippen LogP contribution in [0.2, 0.25) is 0 Å². The van der Waals surface area contributed by atoms with E-state index in [0.717, 1.165) is 4.57 Å². The molecule has 2 atom stereocenters. The van der Waals surface area contributed by atoms with Crippen molar-refractivity contribution in [3.63, 3.8) is 0 Å². The maximum atomic E-state index is 12.5. The van der Waals surface area contributed by atoms with E-state index in [1.807, 2.05) is 0 Å². The largest absolute Gasteiger partial charge is 0.470 e. The number of ether oxygens (including phenoxy) is 6. The second-order valence-electron chi connectivity index (χ2n) is 6.91. The summed E-state index contributed by atoms with van der Waals surface area (Å²) in [5.74, 6) is -1.75. The Morgan fingerprint density at radius 1 is 1.12 bits per heavy atom. The van der Waals surface area contributed by atoms with Crippen LogP contribution in [0, 0.1) is 0 Å². The monoisotopic (exact) mass is 485 g/mol. The van der Waals surface area contributed by atoms with Gasteiger partial charge in [-0.15, -0.1) is 0 Å². The van der Waals surface area contributed by atoms with Crippen molar-refractivity contribution in [2.75, 3.05) is 31.7 Å². The van der Waals surface area contributed by atoms with E-state index in [2.05, 4.69) is 10.3 Å². The van der Waals surface area contributed by atoms with E-state index in [1.165, 1.54) is 33.0 Å². The molecule has 0 aromatic carbocycles. The van der Waals surface area contributed by atoms with Gasteiger partial charge >= 0.3 is 24.1 Å². The predicted octanol–water partition coefficient (Wildman–Crippen LogP) is -0.433. The molecule has 0 bridgehead atoms. The summed E-state index contributed by atoms with van der Waals surface area (Å²) in [6.45, 7) is 3.39. The zero-order valence-electron chi connectivity index (χ0n) is 19.1. The zero-order valence-corrected chi connectivity index (χ0v) is 19.1. The summed E-state index contributed by atoms with van der Waals surface area (Å²) in [5.41, 5.74) is -0.813. The number of anilines is 1. The van der Waals surface area contributed by atoms with E-state index in [4.69, 9.17) is 28.4 Å². The topological polar surface area (TPSA) is 174 Å². The molecule has 188 valence electrons. The highest BCUT2D eigenvalue weighted by molar-refractivity contribution is 5.87. The highest BCUT2D eigenvalue weighted by atomic mass is 16.9. The van der Waals surface area contributed by atoms with Crippen LogP contribution in [0.5, 0.6) is 0 Å². The molecule has 1 aliphatic rings. The smallest absolute Gasteiger partial charge is 0.356 e. The number of esters is 2. The summed E-state index contributed by atoms with van der Waals surface area (Å²) in [5, 5.41) is 12.9. The van der Waals surface area contributed by atoms with Crippen LogP contribution in [0.4, 0.5) is 5.82 Å². The second-order valence-corrected chi connectivity index (χ2v) is 6.91. The van der Waals surface area contributed by atoms with Gasteiger partial charge in [0.15, 0.2) is 11.9 Å². The van der Waals surface area contributed by atoms with E-state index in [1.54, 1.807) is 6.92 Å². The number of hydrogen-bond acceptors (Lipinski definition) is 12. The molecule has 1 aromatic heterocycles. The molecule has 0 saturated carbocycles. The van der Waals surface area contributed by atoms with Crippen molar-refractivity contribution in [2.24, 2.45) is 0 Å². The Morgan fingerprint density at radius 2 is 1.71 bits per heavy atom. The van der Waals surface area contributed by atoms with Gasteiger partial charge in [-0.25, -0.2) is 9.36 Å². The minimum atomic E-state index is -1.44. The Balaban J connectivity index is 2.23. The highest BCUT2D eigenvalue weighted by Crippen LogP contribution is 2.30. The predicted molar refractivity (Wildman–Crippen MR) is 113 cm³/mol. The molecular formula is C20H27N3O11. The van der Waals surface area contributed by atoms with Crippen molar-refractivity contribution in [3.05, 3.63) is 28.5 Å². The van der Waals surface area contributed by atoms with Gasteiger partial charge in [0, 0.05) is 27.0 Å². The molecule has 34 heavy (non-hydrogen) atoms. The molecule has 0 spiro atoms. The molecule has 2 N–H and O–H groups in total. The summed E-state index contributed by atoms with van der Waals surface area (Å²) in [6.07, 6.45) is -0.814. The van der Waals surface area contributed by atoms with Gasteiger partial charge in [0.25, 0.3) is 0 Å². The molecule has 14 heteroatoms. The molecular weight excluding hydrogens is 458 g/mol. The lowest BCUT2D eigenvalue weighted by molar-refractivity contribution is -0.280. The van der Waals surface area contributed by atoms with Gasteiger partial charge in [0.05, 0.1) is 13.2 Å². The summed E-state index contributed by atoms with van der Waals surface area (Å²) >= 11 is 0. The molecule has 0 aliphatic carbocycles. The molecule has 1 aliphatic heterocycles. The van der Waals surface area contributed by atoms with Gasteiger partial charge in [0.1, 0.15) is 25.1 Å². The number of carbonyl (C=O) groups is 3. The number of rotatable bonds is 12. The summed E-state index contributed by atoms with van der Waals surface area (Å²) < 4.78 is 32.6. The van der Waals surface area contributed by atoms with Crippen LogP contribution in [-0.4, -0.2) is 77.6 Å². The maximum absolute atomic E-state index is 12.5. The lowest BCUT2D eigenvalue weighted by Crippen LogP contribution is -2.30. The fourth-order valence-electron chi connectivity index (χ4n) is 2.62. The standard InChI is InChI=1S/C20H27N3O11/c1-11-16(27)17(18(33-11)23-6-5-15(21-12(2)24)22-19(23)28)34-20(31-9-7-29-13(3)25)32-10-8-30-14(4)26/h5-6,11,16,20,27H,7-10H2,1-4H3,(H,21,22,24,28)/t11-,16?/m1/s1. The summed E-state index contributed by atoms with van der Waals surface area (Å²) in [6, 6.07) is 1.36. The Hall–Kier alpha value is -3.49. The molecule has 14 nitrogen and oxygen atoms in total. The first-order valence-corrected chi connectivity index (χ1v) is 10.2. The third-order valence-electron chi connectivity index (χ3n) is 4.06. The first-order valence-electron chi connectivity index (χ1n) is 10.2. The first-order chi connectivity index (χ1) is 16.1. The summed E-state index contributed by atoms with van der Waals surface area (Å²) in [4.78, 5) is 49.3. The van der Waals surface area contributed by atoms with Crippen molar-refractivity contribution in [2.45, 2.75) is 46.4 Å². The fourth-order valence-corrected chi connectivity index (χ4v) is 2.62. The lowest BCUT2D eigenvalue weighted by atomic mass is 10.2. The van der Waals surface area contributed by atoms with Gasteiger partial charge in [0.2, 0.25) is 11.8 Å². The van der Waals surface area contributed by atoms with Crippen molar-refractivity contribution < 1.29 is 47.9 Å². The van der Waals surface area contributed by atoms with Gasteiger partial charge in [-0.3, -0.25) is 14.4 Å². The number of hydrogen-bond donors (Lipinski definition) is 2. The van der Waals surface area contributed by atoms with Gasteiger partial charge in [-0.05, 0) is 13.0 Å². The van der Waals surface area contributed by atoms with Crippen LogP contribution in [0.3, 0.4) is 0 Å². The minimum Gasteiger partial charge on any atom is -0.470 e. The molecule has 2 heterocycles. The highest BCUT2D eigenvalue weighted by Gasteiger charge is 2.38. The van der Waals surface area contributed by atoms with Crippen LogP contribution >= 0.6 is 0 Å². The SMILES string of the molecule is CC(=O)Nc1ccn(C2=C(OC(OCCOC(C)=O)OCCOC(C)=O)C(O)[C@@H](C)O2)c(=O)n1. The lowest BCUT2D eigenvalue weighted by Gasteiger charge is -2.21. The zero-order chi connectivity index (χ0) is 25.3. The quantitative estimate of drug-likeness (QED) is 0.222. The van der Waals surface area contributed by atoms with Gasteiger partial charge in [-0.1, -0.05) is 0 Å². The number of carbonyl (C=O) groups excluding carboxylic acids is 3. The molecule has 0 radical (unpaired) electrons. The molecule has 0 fully saturated rings. The number of aromatic nitrogens is 2. The van der Waals surface area contributed by atoms with Crippen LogP contribution < -0.4 is 11.0 Å². The van der Waals surface area contributed by atoms with E-state index < -0.39 is 42.2 Å². The molecule has 1 unspecified atom stereocenters. The molecule has 1 aromatic rings. The van der Waals surface area contributed by atoms with E-state index in [9.17, 15) is 24.3 Å². The van der Waals surface area contributed by atoms with E-state index in [0.29, 0.717) is 0 Å². The van der Waals surface area contributed by atoms with Crippen LogP contribution in [0.25, 0.3) is 5.88 Å². The maximum Gasteiger partial charge on any atom is 0.356 e. The molecule has 2 rings (SSSR count). The van der Waals surface area contributed by atoms with Crippen molar-refractivity contribution in [1.29, 1.82) is 0 Å². The Bertz CT molecular complexity index is 953. The second kappa shape index (κ2) is 12.7. The van der Waals surface area contributed by atoms with Gasteiger partial charge < -0.3 is 38.8 Å². The normalized spacial score (nSPS) is 17.4. The number of aliphatic hydroxyl groups is 1. The fraction of sp³-hybridized carbons (Fsp3) is 0.550. The van der Waals surface area contributed by atoms with Gasteiger partial charge in [-0.2, -0.15) is 4.98 Å². The van der Waals surface area contributed by atoms with E-state index >= 15 is 0 Å². The molecule has 0 saturated heterocycles. The van der Waals surface area contributed by atoms with Crippen molar-refractivity contribution in [1.82, 2.24) is 9.55 Å². The summed E-state index contributed by atoms with van der Waals surface area (Å²) in [7, 11) is 0. The number of amides is 1. The van der Waals surface area contributed by atoms with Crippen molar-refractivity contribution >= 4 is 29.5 Å². The Labute approximate surface area is 194 Å². The average molecular weight is 485 g/mol. The van der Waals surface area contributed by atoms with Crippen molar-refractivity contribution in [3.8, 4) is 0 Å². The number of nitrogens with one attached hydrogen (secondary N) is 1. The number of nitrogens with zero attached hydrogens (tertiary/aromatic N) is 2.